The van der Waals surface area contributed by atoms with E-state index >= 15 is 0 Å². The third-order valence-corrected chi connectivity index (χ3v) is 8.07. The number of carbonyl (C=O) groups is 4. The lowest BCUT2D eigenvalue weighted by Crippen LogP contribution is -2.42. The van der Waals surface area contributed by atoms with E-state index in [1.54, 1.807) is 57.7 Å². The summed E-state index contributed by atoms with van der Waals surface area (Å²) < 4.78 is 13.1. The van der Waals surface area contributed by atoms with Crippen LogP contribution in [0.25, 0.3) is 11.0 Å². The van der Waals surface area contributed by atoms with Crippen LogP contribution >= 0.6 is 11.6 Å². The van der Waals surface area contributed by atoms with Crippen molar-refractivity contribution in [3.8, 4) is 0 Å². The second kappa shape index (κ2) is 17.4. The van der Waals surface area contributed by atoms with Gasteiger partial charge in [0.2, 0.25) is 12.3 Å². The van der Waals surface area contributed by atoms with Crippen LogP contribution in [0.5, 0.6) is 0 Å². The van der Waals surface area contributed by atoms with Gasteiger partial charge in [0.15, 0.2) is 0 Å². The molecule has 0 saturated carbocycles. The molecule has 6 rings (SSSR count). The monoisotopic (exact) mass is 747 g/mol. The maximum absolute atomic E-state index is 13.3. The molecule has 1 saturated heterocycles. The van der Waals surface area contributed by atoms with Gasteiger partial charge in [0.05, 0.1) is 29.9 Å². The number of carboxylic acid groups (broad SMARTS) is 1. The first-order chi connectivity index (χ1) is 25.5. The molecule has 4 heterocycles. The van der Waals surface area contributed by atoms with Crippen LogP contribution in [0.2, 0.25) is 5.02 Å². The Morgan fingerprint density at radius 2 is 1.92 bits per heavy atom. The van der Waals surface area contributed by atoms with Crippen molar-refractivity contribution in [2.24, 2.45) is 12.2 Å². The van der Waals surface area contributed by atoms with Gasteiger partial charge in [-0.3, -0.25) is 19.0 Å². The zero-order valence-electron chi connectivity index (χ0n) is 29.4. The van der Waals surface area contributed by atoms with Crippen molar-refractivity contribution in [3.05, 3.63) is 94.3 Å². The van der Waals surface area contributed by atoms with Crippen molar-refractivity contribution in [2.45, 2.75) is 33.4 Å². The Morgan fingerprint density at radius 3 is 2.58 bits per heavy atom. The quantitative estimate of drug-likeness (QED) is 0.0957. The summed E-state index contributed by atoms with van der Waals surface area (Å²) in [6.07, 6.45) is 3.44. The summed E-state index contributed by atoms with van der Waals surface area (Å²) >= 11 is 6.11. The normalized spacial score (nSPS) is 13.6. The minimum Gasteiger partial charge on any atom is -0.476 e. The number of halogens is 1. The van der Waals surface area contributed by atoms with Gasteiger partial charge in [-0.05, 0) is 74.9 Å². The van der Waals surface area contributed by atoms with Crippen molar-refractivity contribution in [3.63, 3.8) is 0 Å². The number of aromatic nitrogens is 6. The number of benzene rings is 2. The highest BCUT2D eigenvalue weighted by molar-refractivity contribution is 6.41. The van der Waals surface area contributed by atoms with Crippen LogP contribution in [0.4, 0.5) is 5.69 Å². The van der Waals surface area contributed by atoms with Gasteiger partial charge in [0, 0.05) is 48.8 Å². The zero-order chi connectivity index (χ0) is 38.1. The van der Waals surface area contributed by atoms with E-state index in [1.807, 2.05) is 39.2 Å². The smallest absolute Gasteiger partial charge is 0.360 e. The minimum atomic E-state index is -1.29. The third kappa shape index (κ3) is 9.63. The Morgan fingerprint density at radius 1 is 1.11 bits per heavy atom. The van der Waals surface area contributed by atoms with Crippen molar-refractivity contribution >= 4 is 57.8 Å². The molecule has 2 aromatic carbocycles. The Labute approximate surface area is 308 Å². The lowest BCUT2D eigenvalue weighted by atomic mass is 10.1. The number of aromatic amines is 1. The van der Waals surface area contributed by atoms with E-state index in [9.17, 15) is 19.2 Å². The van der Waals surface area contributed by atoms with Crippen LogP contribution in [0, 0.1) is 6.92 Å². The van der Waals surface area contributed by atoms with E-state index in [0.717, 1.165) is 16.8 Å². The Bertz CT molecular complexity index is 2140. The van der Waals surface area contributed by atoms with Crippen molar-refractivity contribution in [2.75, 3.05) is 37.9 Å². The van der Waals surface area contributed by atoms with Crippen LogP contribution in [0.3, 0.4) is 0 Å². The van der Waals surface area contributed by atoms with E-state index in [4.69, 9.17) is 21.4 Å². The molecular weight excluding hydrogens is 710 g/mol. The molecule has 3 N–H and O–H groups in total. The van der Waals surface area contributed by atoms with E-state index in [-0.39, 0.29) is 36.4 Å². The summed E-state index contributed by atoms with van der Waals surface area (Å²) in [4.78, 5) is 61.8. The van der Waals surface area contributed by atoms with Crippen LogP contribution in [0.15, 0.2) is 66.1 Å². The molecule has 18 heteroatoms. The number of H-pyrrole nitrogens is 1. The molecular formula is C35H38ClN9O8. The fourth-order valence-corrected chi connectivity index (χ4v) is 5.47. The number of fused-ring (bicyclic) bond motifs is 1. The SMILES string of the molecule is CCOC(=O)CON=C(C(=O)O)c1ccn(CC)n1.Cc1cc(C(=O)NC(c2ccn(C)n2)c2nc3cc(Cl)ccc3[nH]2)ccc1N1CCOCC1=O. The summed E-state index contributed by atoms with van der Waals surface area (Å²) in [5.74, 6) is -1.72. The Hall–Kier alpha value is -6.07. The van der Waals surface area contributed by atoms with Crippen molar-refractivity contribution in [1.29, 1.82) is 0 Å². The van der Waals surface area contributed by atoms with Crippen LogP contribution in [-0.4, -0.2) is 97.1 Å². The number of anilines is 1. The second-order valence-corrected chi connectivity index (χ2v) is 12.0. The molecule has 1 fully saturated rings. The fourth-order valence-electron chi connectivity index (χ4n) is 5.30. The van der Waals surface area contributed by atoms with E-state index < -0.39 is 24.6 Å². The van der Waals surface area contributed by atoms with Crippen molar-refractivity contribution in [1.82, 2.24) is 34.8 Å². The number of nitrogens with one attached hydrogen (secondary N) is 2. The number of hydrogen-bond acceptors (Lipinski definition) is 11. The number of nitrogens with zero attached hydrogens (tertiary/aromatic N) is 7. The number of aliphatic carboxylic acids is 1. The van der Waals surface area contributed by atoms with Gasteiger partial charge in [-0.15, -0.1) is 0 Å². The number of aryl methyl sites for hydroxylation is 3. The number of imidazole rings is 1. The number of ether oxygens (including phenoxy) is 2. The largest absolute Gasteiger partial charge is 0.476 e. The van der Waals surface area contributed by atoms with Crippen LogP contribution in [-0.2, 0) is 42.3 Å². The molecule has 1 aliphatic rings. The van der Waals surface area contributed by atoms with E-state index in [0.29, 0.717) is 47.3 Å². The highest BCUT2D eigenvalue weighted by atomic mass is 35.5. The lowest BCUT2D eigenvalue weighted by Gasteiger charge is -2.28. The summed E-state index contributed by atoms with van der Waals surface area (Å²) in [5, 5.41) is 24.5. The van der Waals surface area contributed by atoms with Gasteiger partial charge in [0.25, 0.3) is 11.8 Å². The number of esters is 1. The predicted molar refractivity (Wildman–Crippen MR) is 193 cm³/mol. The third-order valence-electron chi connectivity index (χ3n) is 7.83. The maximum Gasteiger partial charge on any atom is 0.360 e. The average molecular weight is 748 g/mol. The first-order valence-corrected chi connectivity index (χ1v) is 16.9. The molecule has 1 atom stereocenters. The highest BCUT2D eigenvalue weighted by Gasteiger charge is 2.26. The molecule has 278 valence electrons. The molecule has 5 aromatic rings. The molecule has 0 bridgehead atoms. The van der Waals surface area contributed by atoms with Gasteiger partial charge in [-0.2, -0.15) is 10.2 Å². The highest BCUT2D eigenvalue weighted by Crippen LogP contribution is 2.26. The second-order valence-electron chi connectivity index (χ2n) is 11.6. The summed E-state index contributed by atoms with van der Waals surface area (Å²) in [6.45, 7) is 6.83. The maximum atomic E-state index is 13.3. The van der Waals surface area contributed by atoms with E-state index in [1.165, 1.54) is 6.07 Å². The molecule has 53 heavy (non-hydrogen) atoms. The number of carboxylic acids is 1. The summed E-state index contributed by atoms with van der Waals surface area (Å²) in [5.41, 5.74) is 4.04. The number of rotatable bonds is 12. The van der Waals surface area contributed by atoms with Crippen molar-refractivity contribution < 1.29 is 38.6 Å². The van der Waals surface area contributed by atoms with Gasteiger partial charge >= 0.3 is 11.9 Å². The van der Waals surface area contributed by atoms with Gasteiger partial charge in [-0.1, -0.05) is 16.8 Å². The number of morpholine rings is 1. The number of oxime groups is 1. The lowest BCUT2D eigenvalue weighted by molar-refractivity contribution is -0.148. The number of carbonyl (C=O) groups excluding carboxylic acids is 3. The molecule has 0 aliphatic carbocycles. The minimum absolute atomic E-state index is 0.0656. The molecule has 1 unspecified atom stereocenters. The van der Waals surface area contributed by atoms with Gasteiger partial charge in [-0.25, -0.2) is 14.6 Å². The van der Waals surface area contributed by atoms with Gasteiger partial charge in [0.1, 0.15) is 24.2 Å². The molecule has 0 spiro atoms. The van der Waals surface area contributed by atoms with Crippen LogP contribution < -0.4 is 10.2 Å². The zero-order valence-corrected chi connectivity index (χ0v) is 30.2. The molecule has 3 aromatic heterocycles. The summed E-state index contributed by atoms with van der Waals surface area (Å²) in [6, 6.07) is 13.4. The number of amides is 2. The number of hydrogen-bond donors (Lipinski definition) is 3. The Balaban J connectivity index is 0.000000243. The van der Waals surface area contributed by atoms with Gasteiger partial charge < -0.3 is 34.6 Å². The first kappa shape index (κ1) is 38.2. The fraction of sp³-hybridized carbons (Fsp3) is 0.314. The topological polar surface area (TPSA) is 208 Å². The average Bonchev–Trinajstić information content (AvgIpc) is 3.89. The predicted octanol–water partition coefficient (Wildman–Crippen LogP) is 3.41. The Kier molecular flexibility index (Phi) is 12.6. The molecule has 17 nitrogen and oxygen atoms in total. The first-order valence-electron chi connectivity index (χ1n) is 16.5. The summed E-state index contributed by atoms with van der Waals surface area (Å²) in [7, 11) is 1.82. The molecule has 1 aliphatic heterocycles. The van der Waals surface area contributed by atoms with Crippen LogP contribution in [0.1, 0.15) is 53.0 Å². The molecule has 2 amide bonds. The standard InChI is InChI=1S/C24H23ClN6O3.C11H15N3O5/c1-14-11-15(3-6-20(14)31-9-10-34-13-21(31)32)24(33)28-22(18-7-8-30(2)29-18)23-26-17-5-4-16(25)12-19(17)27-23;1-3-14-6-5-8(12-14)10(11(16)17)13-19-7-9(15)18-4-2/h3-8,11-12,22H,9-10,13H2,1-2H3,(H,26,27)(H,28,33);5-6H,3-4,7H2,1-2H3,(H,16,17). The van der Waals surface area contributed by atoms with E-state index in [2.05, 4.69) is 40.2 Å². The molecule has 0 radical (unpaired) electrons.